The van der Waals surface area contributed by atoms with Crippen LogP contribution in [0.4, 0.5) is 30.2 Å². The number of hydrazine groups is 1. The minimum atomic E-state index is -4.57. The van der Waals surface area contributed by atoms with Crippen molar-refractivity contribution in [2.45, 2.75) is 13.1 Å². The first-order valence-electron chi connectivity index (χ1n) is 12.9. The van der Waals surface area contributed by atoms with Crippen molar-refractivity contribution in [2.24, 2.45) is 11.6 Å². The van der Waals surface area contributed by atoms with E-state index in [1.165, 1.54) is 11.2 Å². The monoisotopic (exact) mass is 565 g/mol. The Morgan fingerprint density at radius 3 is 2.59 bits per heavy atom. The molecule has 5 N–H and O–H groups in total. The number of aryl methyl sites for hydroxylation is 1. The van der Waals surface area contributed by atoms with Crippen LogP contribution < -0.4 is 26.8 Å². The number of anilines is 3. The van der Waals surface area contributed by atoms with Crippen molar-refractivity contribution in [1.29, 1.82) is 0 Å². The number of piperazine rings is 1. The van der Waals surface area contributed by atoms with Crippen LogP contribution in [-0.4, -0.2) is 58.4 Å². The standard InChI is InChI=1S/C28H30F3N9O/c1-18-3-4-19(11-24(18)40(33)17-23(32)25-15-35-26-16-34-5-6-39(25)26)27(41)36-21-12-20(28(29,30)31)13-22(14-21)38-9-7-37(2)8-10-38/h3-6,11-17H,7-10,32-33H2,1-2H3,(H,36,41)/b23-17-. The summed E-state index contributed by atoms with van der Waals surface area (Å²) in [6.07, 6.45) is 3.46. The van der Waals surface area contributed by atoms with Gasteiger partial charge in [-0.3, -0.25) is 19.2 Å². The quantitative estimate of drug-likeness (QED) is 0.239. The summed E-state index contributed by atoms with van der Waals surface area (Å²) in [4.78, 5) is 25.5. The van der Waals surface area contributed by atoms with Gasteiger partial charge < -0.3 is 20.9 Å². The van der Waals surface area contributed by atoms with Crippen LogP contribution in [0.15, 0.2) is 67.4 Å². The lowest BCUT2D eigenvalue weighted by atomic mass is 10.1. The van der Waals surface area contributed by atoms with Crippen LogP contribution in [0.3, 0.4) is 0 Å². The van der Waals surface area contributed by atoms with E-state index in [1.807, 2.05) is 18.9 Å². The smallest absolute Gasteiger partial charge is 0.396 e. The molecule has 0 unspecified atom stereocenters. The second kappa shape index (κ2) is 11.1. The Balaban J connectivity index is 1.39. The minimum absolute atomic E-state index is 0.0525. The molecular weight excluding hydrogens is 535 g/mol. The Morgan fingerprint density at radius 2 is 1.85 bits per heavy atom. The van der Waals surface area contributed by atoms with Crippen LogP contribution in [-0.2, 0) is 6.18 Å². The summed E-state index contributed by atoms with van der Waals surface area (Å²) in [5.41, 5.74) is 8.93. The predicted molar refractivity (Wildman–Crippen MR) is 152 cm³/mol. The Kier molecular flexibility index (Phi) is 7.56. The van der Waals surface area contributed by atoms with E-state index >= 15 is 0 Å². The number of nitrogens with two attached hydrogens (primary N) is 2. The van der Waals surface area contributed by atoms with Crippen molar-refractivity contribution in [3.8, 4) is 0 Å². The van der Waals surface area contributed by atoms with Crippen molar-refractivity contribution >= 4 is 34.3 Å². The summed E-state index contributed by atoms with van der Waals surface area (Å²) in [6.45, 7) is 4.44. The Labute approximate surface area is 234 Å². The van der Waals surface area contributed by atoms with Gasteiger partial charge in [-0.1, -0.05) is 6.07 Å². The average molecular weight is 566 g/mol. The molecule has 1 aliphatic heterocycles. The molecule has 0 bridgehead atoms. The Morgan fingerprint density at radius 1 is 1.10 bits per heavy atom. The zero-order valence-corrected chi connectivity index (χ0v) is 22.6. The molecule has 4 aromatic rings. The predicted octanol–water partition coefficient (Wildman–Crippen LogP) is 3.70. The van der Waals surface area contributed by atoms with Crippen LogP contribution in [0.1, 0.15) is 27.2 Å². The van der Waals surface area contributed by atoms with E-state index in [2.05, 4.69) is 20.2 Å². The number of imidazole rings is 1. The van der Waals surface area contributed by atoms with E-state index in [1.54, 1.807) is 53.5 Å². The molecule has 3 heterocycles. The number of carbonyl (C=O) groups is 1. The van der Waals surface area contributed by atoms with Crippen molar-refractivity contribution in [3.05, 3.63) is 89.8 Å². The molecule has 13 heteroatoms. The molecule has 0 aliphatic carbocycles. The third-order valence-electron chi connectivity index (χ3n) is 7.01. The highest BCUT2D eigenvalue weighted by molar-refractivity contribution is 6.05. The second-order valence-corrected chi connectivity index (χ2v) is 9.95. The lowest BCUT2D eigenvalue weighted by Gasteiger charge is -2.34. The van der Waals surface area contributed by atoms with E-state index in [0.29, 0.717) is 41.5 Å². The number of fused-ring (bicyclic) bond motifs is 1. The summed E-state index contributed by atoms with van der Waals surface area (Å²) >= 11 is 0. The van der Waals surface area contributed by atoms with E-state index in [0.717, 1.165) is 30.8 Å². The normalized spacial score (nSPS) is 14.9. The number of nitrogens with zero attached hydrogens (tertiary/aromatic N) is 6. The molecule has 2 aromatic carbocycles. The number of alkyl halides is 3. The lowest BCUT2D eigenvalue weighted by Crippen LogP contribution is -2.44. The van der Waals surface area contributed by atoms with Crippen LogP contribution >= 0.6 is 0 Å². The van der Waals surface area contributed by atoms with E-state index in [-0.39, 0.29) is 11.3 Å². The van der Waals surface area contributed by atoms with Gasteiger partial charge in [0.1, 0.15) is 0 Å². The molecule has 0 spiro atoms. The van der Waals surface area contributed by atoms with E-state index in [4.69, 9.17) is 11.6 Å². The first-order chi connectivity index (χ1) is 19.5. The molecule has 0 radical (unpaired) electrons. The zero-order chi connectivity index (χ0) is 29.3. The van der Waals surface area contributed by atoms with Crippen molar-refractivity contribution in [1.82, 2.24) is 19.3 Å². The summed E-state index contributed by atoms with van der Waals surface area (Å²) in [7, 11) is 1.97. The van der Waals surface area contributed by atoms with Crippen molar-refractivity contribution < 1.29 is 18.0 Å². The summed E-state index contributed by atoms with van der Waals surface area (Å²) < 4.78 is 43.0. The number of carbonyl (C=O) groups excluding carboxylic acids is 1. The molecule has 0 atom stereocenters. The van der Waals surface area contributed by atoms with Crippen molar-refractivity contribution in [3.63, 3.8) is 0 Å². The number of amides is 1. The van der Waals surface area contributed by atoms with Crippen LogP contribution in [0, 0.1) is 6.92 Å². The van der Waals surface area contributed by atoms with Gasteiger partial charge in [0.05, 0.1) is 35.0 Å². The van der Waals surface area contributed by atoms with E-state index < -0.39 is 17.6 Å². The minimum Gasteiger partial charge on any atom is -0.396 e. The number of nitrogens with one attached hydrogen (secondary N) is 1. The Hall–Kier alpha value is -4.62. The molecule has 41 heavy (non-hydrogen) atoms. The molecular formula is C28H30F3N9O. The second-order valence-electron chi connectivity index (χ2n) is 9.95. The number of aromatic nitrogens is 3. The van der Waals surface area contributed by atoms with Gasteiger partial charge >= 0.3 is 6.18 Å². The SMILES string of the molecule is Cc1ccc(C(=O)Nc2cc(N3CCN(C)CC3)cc(C(F)(F)F)c2)cc1N(N)/C=C(\N)c1cnc2cnccn12. The summed E-state index contributed by atoms with van der Waals surface area (Å²) in [6, 6.07) is 8.47. The van der Waals surface area contributed by atoms with Crippen LogP contribution in [0.5, 0.6) is 0 Å². The molecule has 1 fully saturated rings. The van der Waals surface area contributed by atoms with Gasteiger partial charge in [0.15, 0.2) is 5.65 Å². The molecule has 10 nitrogen and oxygen atoms in total. The highest BCUT2D eigenvalue weighted by atomic mass is 19.4. The van der Waals surface area contributed by atoms with Gasteiger partial charge in [-0.25, -0.2) is 10.8 Å². The van der Waals surface area contributed by atoms with Gasteiger partial charge in [-0.2, -0.15) is 13.2 Å². The zero-order valence-electron chi connectivity index (χ0n) is 22.6. The highest BCUT2D eigenvalue weighted by Crippen LogP contribution is 2.35. The topological polar surface area (TPSA) is 121 Å². The fraction of sp³-hybridized carbons (Fsp3) is 0.250. The maximum absolute atomic E-state index is 13.7. The maximum atomic E-state index is 13.7. The fourth-order valence-corrected chi connectivity index (χ4v) is 4.67. The molecule has 5 rings (SSSR count). The first-order valence-corrected chi connectivity index (χ1v) is 12.9. The van der Waals surface area contributed by atoms with Gasteiger partial charge in [-0.05, 0) is 49.9 Å². The third-order valence-corrected chi connectivity index (χ3v) is 7.01. The molecule has 1 saturated heterocycles. The largest absolute Gasteiger partial charge is 0.416 e. The van der Waals surface area contributed by atoms with Crippen LogP contribution in [0.25, 0.3) is 11.3 Å². The van der Waals surface area contributed by atoms with Gasteiger partial charge in [0, 0.05) is 61.7 Å². The first kappa shape index (κ1) is 27.9. The average Bonchev–Trinajstić information content (AvgIpc) is 3.37. The summed E-state index contributed by atoms with van der Waals surface area (Å²) in [5, 5.41) is 3.92. The number of benzene rings is 2. The van der Waals surface area contributed by atoms with Gasteiger partial charge in [0.2, 0.25) is 0 Å². The summed E-state index contributed by atoms with van der Waals surface area (Å²) in [5.74, 6) is 5.74. The molecule has 0 saturated carbocycles. The van der Waals surface area contributed by atoms with Crippen molar-refractivity contribution in [2.75, 3.05) is 48.5 Å². The molecule has 214 valence electrons. The fourth-order valence-electron chi connectivity index (χ4n) is 4.67. The number of hydrogen-bond acceptors (Lipinski definition) is 8. The van der Waals surface area contributed by atoms with Gasteiger partial charge in [0.25, 0.3) is 5.91 Å². The lowest BCUT2D eigenvalue weighted by molar-refractivity contribution is -0.137. The maximum Gasteiger partial charge on any atom is 0.416 e. The third kappa shape index (κ3) is 6.10. The van der Waals surface area contributed by atoms with E-state index in [9.17, 15) is 18.0 Å². The highest BCUT2D eigenvalue weighted by Gasteiger charge is 2.32. The number of hydrogen-bond donors (Lipinski definition) is 3. The molecule has 1 aliphatic rings. The van der Waals surface area contributed by atoms with Crippen LogP contribution in [0.2, 0.25) is 0 Å². The number of rotatable bonds is 6. The molecule has 1 amide bonds. The van der Waals surface area contributed by atoms with Gasteiger partial charge in [-0.15, -0.1) is 0 Å². The number of likely N-dealkylation sites (N-methyl/N-ethyl adjacent to an activating group) is 1. The Bertz CT molecular complexity index is 1610. The number of halogens is 3. The molecule has 2 aromatic heterocycles.